The number of ether oxygens (including phenoxy) is 3. The van der Waals surface area contributed by atoms with Gasteiger partial charge in [-0.3, -0.25) is 9.47 Å². The monoisotopic (exact) mass is 621 g/mol. The van der Waals surface area contributed by atoms with Crippen LogP contribution in [0.25, 0.3) is 11.2 Å². The summed E-state index contributed by atoms with van der Waals surface area (Å²) in [7, 11) is 0.481. The quantitative estimate of drug-likeness (QED) is 0.0799. The van der Waals surface area contributed by atoms with Crippen LogP contribution in [-0.2, 0) is 9.47 Å². The number of alkyl halides is 3. The van der Waals surface area contributed by atoms with Gasteiger partial charge < -0.3 is 19.1 Å². The van der Waals surface area contributed by atoms with Gasteiger partial charge in [0, 0.05) is 33.6 Å². The van der Waals surface area contributed by atoms with E-state index >= 15 is 0 Å². The van der Waals surface area contributed by atoms with Crippen molar-refractivity contribution in [1.82, 2.24) is 24.5 Å². The first kappa shape index (κ1) is 30.0. The standard InChI is InChI=1S/C27H31ClF3N7O3Si/c1-36(23-9-10-32-25(28)35-23)19-13-22-24(33-14-19)38(20-15-40-16-20)26(34-22)37(17-39-11-12-42(2,3)4)18-5-7-21(8-6-18)41-27(29,30)31/h5-10,13-14,20H,11-12,15-17H2,1-4H3. The van der Waals surface area contributed by atoms with Crippen LogP contribution in [0.3, 0.4) is 0 Å². The predicted octanol–water partition coefficient (Wildman–Crippen LogP) is 6.56. The van der Waals surface area contributed by atoms with Crippen LogP contribution < -0.4 is 14.5 Å². The number of halogens is 4. The summed E-state index contributed by atoms with van der Waals surface area (Å²) in [6.45, 7) is 8.42. The molecule has 0 amide bonds. The molecule has 4 aromatic rings. The summed E-state index contributed by atoms with van der Waals surface area (Å²) in [5, 5.41) is 0.126. The fourth-order valence-electron chi connectivity index (χ4n) is 4.30. The number of nitrogens with zero attached hydrogens (tertiary/aromatic N) is 7. The molecule has 5 rings (SSSR count). The summed E-state index contributed by atoms with van der Waals surface area (Å²) in [5.41, 5.74) is 2.57. The fraction of sp³-hybridized carbons (Fsp3) is 0.407. The van der Waals surface area contributed by atoms with Crippen molar-refractivity contribution < 1.29 is 27.4 Å². The average Bonchev–Trinajstić information content (AvgIpc) is 3.24. The lowest BCUT2D eigenvalue weighted by atomic mass is 10.2. The van der Waals surface area contributed by atoms with E-state index in [2.05, 4.69) is 34.3 Å². The van der Waals surface area contributed by atoms with E-state index < -0.39 is 14.4 Å². The van der Waals surface area contributed by atoms with Gasteiger partial charge in [-0.25, -0.2) is 19.9 Å². The van der Waals surface area contributed by atoms with Gasteiger partial charge in [0.05, 0.1) is 31.1 Å². The third-order valence-corrected chi connectivity index (χ3v) is 8.55. The molecule has 1 aromatic carbocycles. The summed E-state index contributed by atoms with van der Waals surface area (Å²) in [5.74, 6) is 0.806. The highest BCUT2D eigenvalue weighted by Crippen LogP contribution is 2.36. The Morgan fingerprint density at radius 3 is 2.43 bits per heavy atom. The van der Waals surface area contributed by atoms with Crippen LogP contribution in [0.15, 0.2) is 48.8 Å². The Hall–Kier alpha value is -3.46. The molecule has 1 saturated heterocycles. The first-order chi connectivity index (χ1) is 19.9. The van der Waals surface area contributed by atoms with Crippen molar-refractivity contribution in [3.05, 3.63) is 54.1 Å². The second kappa shape index (κ2) is 12.0. The highest BCUT2D eigenvalue weighted by atomic mass is 35.5. The van der Waals surface area contributed by atoms with Crippen molar-refractivity contribution in [2.45, 2.75) is 38.1 Å². The topological polar surface area (TPSA) is 90.7 Å². The first-order valence-electron chi connectivity index (χ1n) is 13.3. The van der Waals surface area contributed by atoms with Crippen molar-refractivity contribution in [2.24, 2.45) is 0 Å². The van der Waals surface area contributed by atoms with Crippen LogP contribution in [0.2, 0.25) is 31.0 Å². The molecule has 10 nitrogen and oxygen atoms in total. The van der Waals surface area contributed by atoms with Gasteiger partial charge in [0.1, 0.15) is 23.8 Å². The summed E-state index contributed by atoms with van der Waals surface area (Å²) >= 11 is 5.99. The minimum atomic E-state index is -4.78. The van der Waals surface area contributed by atoms with Gasteiger partial charge >= 0.3 is 6.36 Å². The van der Waals surface area contributed by atoms with Gasteiger partial charge in [0.25, 0.3) is 0 Å². The molecule has 15 heteroatoms. The Morgan fingerprint density at radius 1 is 1.07 bits per heavy atom. The van der Waals surface area contributed by atoms with E-state index in [0.29, 0.717) is 48.4 Å². The van der Waals surface area contributed by atoms with Crippen LogP contribution in [0.4, 0.5) is 36.3 Å². The summed E-state index contributed by atoms with van der Waals surface area (Å²) in [6.07, 6.45) is -1.49. The van der Waals surface area contributed by atoms with Crippen molar-refractivity contribution in [1.29, 1.82) is 0 Å². The highest BCUT2D eigenvalue weighted by Gasteiger charge is 2.32. The van der Waals surface area contributed by atoms with Crippen LogP contribution in [0.5, 0.6) is 5.75 Å². The second-order valence-corrected chi connectivity index (χ2v) is 17.0. The largest absolute Gasteiger partial charge is 0.573 e. The van der Waals surface area contributed by atoms with E-state index in [4.69, 9.17) is 31.0 Å². The van der Waals surface area contributed by atoms with E-state index in [1.165, 1.54) is 12.1 Å². The first-order valence-corrected chi connectivity index (χ1v) is 17.4. The molecule has 42 heavy (non-hydrogen) atoms. The molecule has 0 aliphatic carbocycles. The van der Waals surface area contributed by atoms with Crippen molar-refractivity contribution >= 4 is 54.0 Å². The maximum Gasteiger partial charge on any atom is 0.573 e. The number of pyridine rings is 1. The summed E-state index contributed by atoms with van der Waals surface area (Å²) in [6, 6.07) is 10.2. The van der Waals surface area contributed by atoms with Gasteiger partial charge in [0.15, 0.2) is 5.65 Å². The molecule has 0 N–H and O–H groups in total. The fourth-order valence-corrected chi connectivity index (χ4v) is 5.20. The molecule has 224 valence electrons. The number of fused-ring (bicyclic) bond motifs is 1. The minimum absolute atomic E-state index is 0.0286. The van der Waals surface area contributed by atoms with Crippen LogP contribution >= 0.6 is 11.6 Å². The molecule has 0 bridgehead atoms. The average molecular weight is 622 g/mol. The Bertz CT molecular complexity index is 1530. The van der Waals surface area contributed by atoms with E-state index in [-0.39, 0.29) is 23.8 Å². The van der Waals surface area contributed by atoms with Crippen molar-refractivity contribution in [2.75, 3.05) is 43.4 Å². The maximum atomic E-state index is 12.8. The zero-order chi connectivity index (χ0) is 30.1. The number of anilines is 4. The zero-order valence-corrected chi connectivity index (χ0v) is 25.4. The third-order valence-electron chi connectivity index (χ3n) is 6.67. The Kier molecular flexibility index (Phi) is 8.60. The molecular formula is C27H31ClF3N7O3Si. The molecule has 0 spiro atoms. The van der Waals surface area contributed by atoms with Gasteiger partial charge in [-0.15, -0.1) is 13.2 Å². The van der Waals surface area contributed by atoms with Gasteiger partial charge in [-0.2, -0.15) is 0 Å². The van der Waals surface area contributed by atoms with Crippen molar-refractivity contribution in [3.8, 4) is 5.75 Å². The molecule has 0 unspecified atom stereocenters. The Labute approximate surface area is 247 Å². The number of hydrogen-bond donors (Lipinski definition) is 0. The highest BCUT2D eigenvalue weighted by molar-refractivity contribution is 6.76. The van der Waals surface area contributed by atoms with Gasteiger partial charge in [-0.05, 0) is 54.0 Å². The molecule has 4 heterocycles. The number of hydrogen-bond acceptors (Lipinski definition) is 9. The summed E-state index contributed by atoms with van der Waals surface area (Å²) in [4.78, 5) is 21.6. The minimum Gasteiger partial charge on any atom is -0.406 e. The Balaban J connectivity index is 1.53. The molecule has 0 saturated carbocycles. The number of aromatic nitrogens is 5. The van der Waals surface area contributed by atoms with Crippen LogP contribution in [0.1, 0.15) is 6.04 Å². The molecule has 1 aliphatic heterocycles. The molecule has 0 radical (unpaired) electrons. The normalized spacial score (nSPS) is 14.2. The van der Waals surface area contributed by atoms with Gasteiger partial charge in [-0.1, -0.05) is 19.6 Å². The maximum absolute atomic E-state index is 12.8. The lowest BCUT2D eigenvalue weighted by Gasteiger charge is -2.32. The van der Waals surface area contributed by atoms with Crippen LogP contribution in [-0.4, -0.2) is 72.5 Å². The number of imidazole rings is 1. The predicted molar refractivity (Wildman–Crippen MR) is 157 cm³/mol. The van der Waals surface area contributed by atoms with Gasteiger partial charge in [0.2, 0.25) is 11.2 Å². The molecule has 3 aromatic heterocycles. The van der Waals surface area contributed by atoms with Crippen LogP contribution in [0, 0.1) is 0 Å². The lowest BCUT2D eigenvalue weighted by Crippen LogP contribution is -2.34. The third kappa shape index (κ3) is 7.11. The Morgan fingerprint density at radius 2 is 1.81 bits per heavy atom. The van der Waals surface area contributed by atoms with E-state index in [9.17, 15) is 13.2 Å². The molecule has 0 atom stereocenters. The number of rotatable bonds is 11. The molecule has 1 aliphatic rings. The number of benzene rings is 1. The SMILES string of the molecule is CN(c1cnc2c(c1)nc(N(COCC[Si](C)(C)C)c1ccc(OC(F)(F)F)cc1)n2C1COC1)c1ccnc(Cl)n1. The summed E-state index contributed by atoms with van der Waals surface area (Å²) < 4.78 is 56.1. The van der Waals surface area contributed by atoms with E-state index in [1.807, 2.05) is 27.5 Å². The van der Waals surface area contributed by atoms with Crippen molar-refractivity contribution in [3.63, 3.8) is 0 Å². The lowest BCUT2D eigenvalue weighted by molar-refractivity contribution is -0.274. The second-order valence-electron chi connectivity index (χ2n) is 11.1. The van der Waals surface area contributed by atoms with E-state index in [0.717, 1.165) is 11.7 Å². The molecular weight excluding hydrogens is 591 g/mol. The molecule has 1 fully saturated rings. The zero-order valence-electron chi connectivity index (χ0n) is 23.6. The smallest absolute Gasteiger partial charge is 0.406 e. The van der Waals surface area contributed by atoms with E-state index in [1.54, 1.807) is 30.6 Å².